The van der Waals surface area contributed by atoms with Crippen LogP contribution in [0.2, 0.25) is 0 Å². The van der Waals surface area contributed by atoms with Crippen LogP contribution in [0.15, 0.2) is 48.5 Å². The van der Waals surface area contributed by atoms with Crippen molar-refractivity contribution in [3.05, 3.63) is 54.1 Å². The van der Waals surface area contributed by atoms with Crippen molar-refractivity contribution in [3.8, 4) is 11.5 Å². The smallest absolute Gasteiger partial charge is 0.422 e. The largest absolute Gasteiger partial charge is 0.494 e. The molecule has 3 nitrogen and oxygen atoms in total. The molecule has 0 aliphatic heterocycles. The number of hydrogen-bond acceptors (Lipinski definition) is 3. The van der Waals surface area contributed by atoms with Gasteiger partial charge in [-0.2, -0.15) is 13.2 Å². The Bertz CT molecular complexity index is 644. The summed E-state index contributed by atoms with van der Waals surface area (Å²) >= 11 is 0. The molecule has 24 heavy (non-hydrogen) atoms. The highest BCUT2D eigenvalue weighted by atomic mass is 19.4. The van der Waals surface area contributed by atoms with Crippen molar-refractivity contribution in [2.75, 3.05) is 18.5 Å². The maximum Gasteiger partial charge on any atom is 0.422 e. The highest BCUT2D eigenvalue weighted by molar-refractivity contribution is 5.48. The Morgan fingerprint density at radius 1 is 0.958 bits per heavy atom. The number of nitrogens with one attached hydrogen (secondary N) is 1. The number of ether oxygens (including phenoxy) is 2. The monoisotopic (exact) mass is 339 g/mol. The Labute approximate surface area is 139 Å². The molecule has 0 unspecified atom stereocenters. The van der Waals surface area contributed by atoms with Gasteiger partial charge in [-0.15, -0.1) is 0 Å². The predicted octanol–water partition coefficient (Wildman–Crippen LogP) is 5.03. The van der Waals surface area contributed by atoms with Gasteiger partial charge in [0.05, 0.1) is 6.61 Å². The summed E-state index contributed by atoms with van der Waals surface area (Å²) in [6.45, 7) is 1.87. The molecule has 0 amide bonds. The van der Waals surface area contributed by atoms with Crippen LogP contribution in [-0.4, -0.2) is 19.4 Å². The summed E-state index contributed by atoms with van der Waals surface area (Å²) in [6.07, 6.45) is -3.41. The molecule has 0 saturated carbocycles. The standard InChI is InChI=1S/C18H20F3NO2/c1-2-9-23-17-8-4-6-15(11-17)22-12-14-5-3-7-16(10-14)24-13-18(19,20)21/h3-8,10-11,22H,2,9,12-13H2,1H3. The summed E-state index contributed by atoms with van der Waals surface area (Å²) in [4.78, 5) is 0. The van der Waals surface area contributed by atoms with E-state index in [1.807, 2.05) is 37.3 Å². The van der Waals surface area contributed by atoms with Gasteiger partial charge in [0.15, 0.2) is 6.61 Å². The molecule has 6 heteroatoms. The Kier molecular flexibility index (Phi) is 6.35. The molecule has 130 valence electrons. The fourth-order valence-corrected chi connectivity index (χ4v) is 2.03. The number of halogens is 3. The van der Waals surface area contributed by atoms with Crippen LogP contribution in [-0.2, 0) is 6.54 Å². The lowest BCUT2D eigenvalue weighted by molar-refractivity contribution is -0.153. The molecule has 2 aromatic carbocycles. The van der Waals surface area contributed by atoms with Crippen LogP contribution in [0.25, 0.3) is 0 Å². The minimum atomic E-state index is -4.34. The van der Waals surface area contributed by atoms with Gasteiger partial charge in [0.1, 0.15) is 11.5 Å². The topological polar surface area (TPSA) is 30.5 Å². The van der Waals surface area contributed by atoms with Crippen LogP contribution in [0.3, 0.4) is 0 Å². The normalized spacial score (nSPS) is 11.2. The molecule has 0 spiro atoms. The van der Waals surface area contributed by atoms with Crippen LogP contribution >= 0.6 is 0 Å². The van der Waals surface area contributed by atoms with Gasteiger partial charge < -0.3 is 14.8 Å². The Hall–Kier alpha value is -2.37. The molecule has 1 N–H and O–H groups in total. The van der Waals surface area contributed by atoms with Crippen molar-refractivity contribution < 1.29 is 22.6 Å². The summed E-state index contributed by atoms with van der Waals surface area (Å²) in [5, 5.41) is 3.22. The van der Waals surface area contributed by atoms with Crippen molar-refractivity contribution in [2.24, 2.45) is 0 Å². The lowest BCUT2D eigenvalue weighted by Gasteiger charge is -2.12. The fraction of sp³-hybridized carbons (Fsp3) is 0.333. The van der Waals surface area contributed by atoms with Gasteiger partial charge >= 0.3 is 6.18 Å². The highest BCUT2D eigenvalue weighted by Gasteiger charge is 2.28. The third-order valence-electron chi connectivity index (χ3n) is 3.10. The van der Waals surface area contributed by atoms with E-state index in [0.717, 1.165) is 23.4 Å². The average molecular weight is 339 g/mol. The van der Waals surface area contributed by atoms with Gasteiger partial charge in [-0.1, -0.05) is 25.1 Å². The second-order valence-electron chi connectivity index (χ2n) is 5.28. The third-order valence-corrected chi connectivity index (χ3v) is 3.10. The molecule has 0 bridgehead atoms. The summed E-state index contributed by atoms with van der Waals surface area (Å²) in [5.41, 5.74) is 1.71. The maximum absolute atomic E-state index is 12.2. The van der Waals surface area contributed by atoms with Gasteiger partial charge in [0.25, 0.3) is 0 Å². The summed E-state index contributed by atoms with van der Waals surface area (Å²) in [5.74, 6) is 0.982. The van der Waals surface area contributed by atoms with Crippen molar-refractivity contribution >= 4 is 5.69 Å². The van der Waals surface area contributed by atoms with E-state index in [2.05, 4.69) is 5.32 Å². The summed E-state index contributed by atoms with van der Waals surface area (Å²) in [6, 6.07) is 14.2. The van der Waals surface area contributed by atoms with E-state index < -0.39 is 12.8 Å². The average Bonchev–Trinajstić information content (AvgIpc) is 2.56. The van der Waals surface area contributed by atoms with Gasteiger partial charge in [0, 0.05) is 18.3 Å². The molecule has 0 aliphatic carbocycles. The molecule has 2 aromatic rings. The van der Waals surface area contributed by atoms with Crippen molar-refractivity contribution in [1.29, 1.82) is 0 Å². The number of hydrogen-bond donors (Lipinski definition) is 1. The zero-order chi connectivity index (χ0) is 17.4. The maximum atomic E-state index is 12.2. The molecular formula is C18H20F3NO2. The van der Waals surface area contributed by atoms with E-state index in [1.165, 1.54) is 6.07 Å². The molecular weight excluding hydrogens is 319 g/mol. The molecule has 0 saturated heterocycles. The summed E-state index contributed by atoms with van der Waals surface area (Å²) < 4.78 is 46.9. The number of anilines is 1. The van der Waals surface area contributed by atoms with Crippen molar-refractivity contribution in [2.45, 2.75) is 26.1 Å². The molecule has 0 heterocycles. The fourth-order valence-electron chi connectivity index (χ4n) is 2.03. The minimum Gasteiger partial charge on any atom is -0.494 e. The minimum absolute atomic E-state index is 0.201. The zero-order valence-electron chi connectivity index (χ0n) is 13.4. The second-order valence-corrected chi connectivity index (χ2v) is 5.28. The van der Waals surface area contributed by atoms with Gasteiger partial charge in [-0.3, -0.25) is 0 Å². The van der Waals surface area contributed by atoms with Crippen LogP contribution in [0, 0.1) is 0 Å². The molecule has 2 rings (SSSR count). The van der Waals surface area contributed by atoms with E-state index in [4.69, 9.17) is 9.47 Å². The van der Waals surface area contributed by atoms with Crippen molar-refractivity contribution in [3.63, 3.8) is 0 Å². The van der Waals surface area contributed by atoms with E-state index in [9.17, 15) is 13.2 Å². The van der Waals surface area contributed by atoms with Crippen LogP contribution in [0.1, 0.15) is 18.9 Å². The molecule has 0 fully saturated rings. The highest BCUT2D eigenvalue weighted by Crippen LogP contribution is 2.21. The van der Waals surface area contributed by atoms with Crippen LogP contribution in [0.5, 0.6) is 11.5 Å². The first-order valence-electron chi connectivity index (χ1n) is 7.71. The lowest BCUT2D eigenvalue weighted by atomic mass is 10.2. The Morgan fingerprint density at radius 2 is 1.67 bits per heavy atom. The predicted molar refractivity (Wildman–Crippen MR) is 87.5 cm³/mol. The third kappa shape index (κ3) is 6.40. The SMILES string of the molecule is CCCOc1cccc(NCc2cccc(OCC(F)(F)F)c2)c1. The first kappa shape index (κ1) is 18.0. The van der Waals surface area contributed by atoms with E-state index in [0.29, 0.717) is 13.2 Å². The van der Waals surface area contributed by atoms with Gasteiger partial charge in [-0.05, 0) is 36.2 Å². The molecule has 0 atom stereocenters. The molecule has 0 aliphatic rings. The number of alkyl halides is 3. The lowest BCUT2D eigenvalue weighted by Crippen LogP contribution is -2.19. The Morgan fingerprint density at radius 3 is 2.38 bits per heavy atom. The molecule has 0 radical (unpaired) electrons. The quantitative estimate of drug-likeness (QED) is 0.732. The van der Waals surface area contributed by atoms with Crippen LogP contribution in [0.4, 0.5) is 18.9 Å². The van der Waals surface area contributed by atoms with E-state index >= 15 is 0 Å². The van der Waals surface area contributed by atoms with Crippen LogP contribution < -0.4 is 14.8 Å². The summed E-state index contributed by atoms with van der Waals surface area (Å²) in [7, 11) is 0. The van der Waals surface area contributed by atoms with Gasteiger partial charge in [-0.25, -0.2) is 0 Å². The second kappa shape index (κ2) is 8.47. The first-order chi connectivity index (χ1) is 11.5. The van der Waals surface area contributed by atoms with E-state index in [-0.39, 0.29) is 5.75 Å². The van der Waals surface area contributed by atoms with E-state index in [1.54, 1.807) is 12.1 Å². The number of benzene rings is 2. The van der Waals surface area contributed by atoms with Crippen molar-refractivity contribution in [1.82, 2.24) is 0 Å². The van der Waals surface area contributed by atoms with Gasteiger partial charge in [0.2, 0.25) is 0 Å². The Balaban J connectivity index is 1.92. The first-order valence-corrected chi connectivity index (χ1v) is 7.71. The zero-order valence-corrected chi connectivity index (χ0v) is 13.4. The number of rotatable bonds is 8. The molecule has 0 aromatic heterocycles.